The normalized spacial score (nSPS) is 18.5. The number of aliphatic carboxylic acids is 1. The van der Waals surface area contributed by atoms with Gasteiger partial charge in [-0.2, -0.15) is 0 Å². The molecule has 2 N–H and O–H groups in total. The van der Waals surface area contributed by atoms with E-state index in [1.54, 1.807) is 18.2 Å². The van der Waals surface area contributed by atoms with E-state index in [-0.39, 0.29) is 17.3 Å². The molecular formula is C15H18N2O5S. The van der Waals surface area contributed by atoms with Crippen molar-refractivity contribution in [3.05, 3.63) is 35.9 Å². The van der Waals surface area contributed by atoms with E-state index in [0.717, 1.165) is 0 Å². The van der Waals surface area contributed by atoms with Gasteiger partial charge in [-0.05, 0) is 37.2 Å². The van der Waals surface area contributed by atoms with E-state index in [4.69, 9.17) is 5.11 Å². The highest BCUT2D eigenvalue weighted by Crippen LogP contribution is 2.17. The van der Waals surface area contributed by atoms with Gasteiger partial charge in [0.15, 0.2) is 0 Å². The average molecular weight is 338 g/mol. The number of nitrogens with zero attached hydrogens (tertiary/aromatic N) is 1. The molecule has 1 aromatic carbocycles. The molecule has 23 heavy (non-hydrogen) atoms. The second-order valence-electron chi connectivity index (χ2n) is 5.22. The molecule has 1 heterocycles. The molecule has 0 saturated carbocycles. The minimum absolute atomic E-state index is 0.146. The highest BCUT2D eigenvalue weighted by molar-refractivity contribution is 7.89. The molecule has 1 aliphatic rings. The summed E-state index contributed by atoms with van der Waals surface area (Å²) in [6.07, 6.45) is 3.41. The topological polar surface area (TPSA) is 104 Å². The first kappa shape index (κ1) is 17.2. The van der Waals surface area contributed by atoms with Crippen molar-refractivity contribution in [1.29, 1.82) is 0 Å². The smallest absolute Gasteiger partial charge is 0.308 e. The van der Waals surface area contributed by atoms with Crippen LogP contribution in [-0.2, 0) is 19.6 Å². The summed E-state index contributed by atoms with van der Waals surface area (Å²) in [6.45, 7) is 0.650. The van der Waals surface area contributed by atoms with Gasteiger partial charge in [0.1, 0.15) is 0 Å². The molecule has 1 atom stereocenters. The number of carbonyl (C=O) groups excluding carboxylic acids is 1. The van der Waals surface area contributed by atoms with Crippen LogP contribution in [0.3, 0.4) is 0 Å². The lowest BCUT2D eigenvalue weighted by atomic mass is 10.1. The lowest BCUT2D eigenvalue weighted by Gasteiger charge is -2.12. The fourth-order valence-corrected chi connectivity index (χ4v) is 3.04. The summed E-state index contributed by atoms with van der Waals surface area (Å²) in [5.41, 5.74) is 0.683. The molecule has 0 radical (unpaired) electrons. The molecule has 7 nitrogen and oxygen atoms in total. The Morgan fingerprint density at radius 2 is 1.96 bits per heavy atom. The van der Waals surface area contributed by atoms with Gasteiger partial charge < -0.3 is 10.0 Å². The number of benzene rings is 1. The van der Waals surface area contributed by atoms with Crippen molar-refractivity contribution in [1.82, 2.24) is 9.62 Å². The second-order valence-corrected chi connectivity index (χ2v) is 7.10. The van der Waals surface area contributed by atoms with Crippen LogP contribution in [0.4, 0.5) is 0 Å². The van der Waals surface area contributed by atoms with Gasteiger partial charge in [0.25, 0.3) is 0 Å². The maximum atomic E-state index is 12.0. The molecule has 1 saturated heterocycles. The molecular weight excluding hydrogens is 320 g/mol. The number of carboxylic acids is 1. The van der Waals surface area contributed by atoms with Crippen molar-refractivity contribution in [2.45, 2.75) is 11.3 Å². The molecule has 0 bridgehead atoms. The van der Waals surface area contributed by atoms with E-state index in [2.05, 4.69) is 4.72 Å². The first-order chi connectivity index (χ1) is 10.8. The number of carboxylic acid groups (broad SMARTS) is 1. The third kappa shape index (κ3) is 4.17. The summed E-state index contributed by atoms with van der Waals surface area (Å²) >= 11 is 0. The molecule has 124 valence electrons. The Balaban J connectivity index is 2.01. The van der Waals surface area contributed by atoms with Crippen LogP contribution in [0.5, 0.6) is 0 Å². The third-order valence-electron chi connectivity index (χ3n) is 3.73. The van der Waals surface area contributed by atoms with Crippen LogP contribution in [0.1, 0.15) is 12.0 Å². The van der Waals surface area contributed by atoms with Crippen molar-refractivity contribution in [3.8, 4) is 0 Å². The van der Waals surface area contributed by atoms with Crippen molar-refractivity contribution in [2.75, 3.05) is 20.1 Å². The summed E-state index contributed by atoms with van der Waals surface area (Å²) < 4.78 is 25.4. The number of amides is 1. The van der Waals surface area contributed by atoms with Crippen LogP contribution in [0.25, 0.3) is 6.08 Å². The number of hydrogen-bond donors (Lipinski definition) is 2. The summed E-state index contributed by atoms with van der Waals surface area (Å²) in [4.78, 5) is 24.5. The molecule has 1 fully saturated rings. The molecule has 1 aromatic rings. The monoisotopic (exact) mass is 338 g/mol. The Hall–Kier alpha value is -2.19. The van der Waals surface area contributed by atoms with E-state index in [9.17, 15) is 18.0 Å². The number of rotatable bonds is 5. The van der Waals surface area contributed by atoms with Crippen LogP contribution in [-0.4, -0.2) is 50.4 Å². The lowest BCUT2D eigenvalue weighted by molar-refractivity contribution is -0.141. The Bertz CT molecular complexity index is 725. The van der Waals surface area contributed by atoms with Gasteiger partial charge >= 0.3 is 5.97 Å². The predicted molar refractivity (Wildman–Crippen MR) is 84.0 cm³/mol. The third-order valence-corrected chi connectivity index (χ3v) is 5.16. The molecule has 2 rings (SSSR count). The maximum Gasteiger partial charge on any atom is 0.308 e. The number of likely N-dealkylation sites (tertiary alicyclic amines) is 1. The van der Waals surface area contributed by atoms with Gasteiger partial charge in [-0.15, -0.1) is 0 Å². The van der Waals surface area contributed by atoms with Crippen LogP contribution >= 0.6 is 0 Å². The summed E-state index contributed by atoms with van der Waals surface area (Å²) in [6, 6.07) is 6.09. The Labute approximate surface area is 134 Å². The number of sulfonamides is 1. The number of hydrogen-bond acceptors (Lipinski definition) is 4. The van der Waals surface area contributed by atoms with Gasteiger partial charge in [-0.25, -0.2) is 13.1 Å². The average Bonchev–Trinajstić information content (AvgIpc) is 3.03. The highest BCUT2D eigenvalue weighted by Gasteiger charge is 2.29. The van der Waals surface area contributed by atoms with E-state index in [1.807, 2.05) is 0 Å². The van der Waals surface area contributed by atoms with E-state index < -0.39 is 21.9 Å². The summed E-state index contributed by atoms with van der Waals surface area (Å²) in [5.74, 6) is -1.63. The van der Waals surface area contributed by atoms with E-state index >= 15 is 0 Å². The largest absolute Gasteiger partial charge is 0.481 e. The molecule has 1 unspecified atom stereocenters. The van der Waals surface area contributed by atoms with Crippen molar-refractivity contribution < 1.29 is 23.1 Å². The van der Waals surface area contributed by atoms with Crippen LogP contribution in [0.2, 0.25) is 0 Å². The van der Waals surface area contributed by atoms with Crippen molar-refractivity contribution >= 4 is 28.0 Å². The Kier molecular flexibility index (Phi) is 5.17. The van der Waals surface area contributed by atoms with Crippen molar-refractivity contribution in [3.63, 3.8) is 0 Å². The minimum atomic E-state index is -3.48. The van der Waals surface area contributed by atoms with Crippen molar-refractivity contribution in [2.24, 2.45) is 5.92 Å². The first-order valence-electron chi connectivity index (χ1n) is 7.07. The van der Waals surface area contributed by atoms with Crippen LogP contribution in [0, 0.1) is 5.92 Å². The Morgan fingerprint density at radius 3 is 2.48 bits per heavy atom. The van der Waals surface area contributed by atoms with E-state index in [1.165, 1.54) is 30.2 Å². The SMILES string of the molecule is CNS(=O)(=O)c1ccc(C=CC(=O)N2CCC(C(=O)O)C2)cc1. The molecule has 0 aliphatic carbocycles. The van der Waals surface area contributed by atoms with Gasteiger partial charge in [-0.1, -0.05) is 12.1 Å². The van der Waals surface area contributed by atoms with Gasteiger partial charge in [0.05, 0.1) is 10.8 Å². The predicted octanol–water partition coefficient (Wildman–Crippen LogP) is 0.541. The molecule has 8 heteroatoms. The van der Waals surface area contributed by atoms with Gasteiger partial charge in [0.2, 0.25) is 15.9 Å². The van der Waals surface area contributed by atoms with Gasteiger partial charge in [-0.3, -0.25) is 9.59 Å². The van der Waals surface area contributed by atoms with Crippen LogP contribution < -0.4 is 4.72 Å². The summed E-state index contributed by atoms with van der Waals surface area (Å²) in [7, 11) is -2.14. The highest BCUT2D eigenvalue weighted by atomic mass is 32.2. The number of nitrogens with one attached hydrogen (secondary N) is 1. The van der Waals surface area contributed by atoms with Gasteiger partial charge in [0, 0.05) is 19.2 Å². The first-order valence-corrected chi connectivity index (χ1v) is 8.55. The Morgan fingerprint density at radius 1 is 1.30 bits per heavy atom. The second kappa shape index (κ2) is 6.93. The zero-order valence-corrected chi connectivity index (χ0v) is 13.4. The summed E-state index contributed by atoms with van der Waals surface area (Å²) in [5, 5.41) is 8.92. The van der Waals surface area contributed by atoms with E-state index in [0.29, 0.717) is 18.5 Å². The zero-order chi connectivity index (χ0) is 17.0. The molecule has 1 amide bonds. The lowest BCUT2D eigenvalue weighted by Crippen LogP contribution is -2.28. The fraction of sp³-hybridized carbons (Fsp3) is 0.333. The molecule has 0 spiro atoms. The molecule has 0 aromatic heterocycles. The minimum Gasteiger partial charge on any atom is -0.481 e. The fourth-order valence-electron chi connectivity index (χ4n) is 2.31. The zero-order valence-electron chi connectivity index (χ0n) is 12.6. The van der Waals surface area contributed by atoms with Crippen LogP contribution in [0.15, 0.2) is 35.2 Å². The standard InChI is InChI=1S/C15H18N2O5S/c1-16-23(21,22)13-5-2-11(3-6-13)4-7-14(18)17-9-8-12(10-17)15(19)20/h2-7,12,16H,8-10H2,1H3,(H,19,20). The molecule has 1 aliphatic heterocycles. The maximum absolute atomic E-state index is 12.0. The quantitative estimate of drug-likeness (QED) is 0.763. The number of carbonyl (C=O) groups is 2.